The van der Waals surface area contributed by atoms with Gasteiger partial charge in [-0.05, 0) is 180 Å². The van der Waals surface area contributed by atoms with Crippen LogP contribution in [0, 0.1) is 34.9 Å². The summed E-state index contributed by atoms with van der Waals surface area (Å²) in [6, 6.07) is 75.7. The van der Waals surface area contributed by atoms with Crippen molar-refractivity contribution in [3.05, 3.63) is 364 Å². The molecular weight excluding hydrogens is 1130 g/mol. The van der Waals surface area contributed by atoms with Crippen LogP contribution in [0.3, 0.4) is 0 Å². The van der Waals surface area contributed by atoms with Gasteiger partial charge in [0.15, 0.2) is 34.9 Å². The molecule has 2 atom stereocenters. The van der Waals surface area contributed by atoms with E-state index in [1.54, 1.807) is 36.4 Å². The number of rotatable bonds is 13. The van der Waals surface area contributed by atoms with Crippen LogP contribution in [0.15, 0.2) is 262 Å². The van der Waals surface area contributed by atoms with Crippen LogP contribution in [0.1, 0.15) is 80.6 Å². The lowest BCUT2D eigenvalue weighted by Gasteiger charge is -2.37. The number of hydrogen-bond donors (Lipinski definition) is 0. The molecule has 0 bridgehead atoms. The first-order chi connectivity index (χ1) is 43.7. The monoisotopic (exact) mass is 1190 g/mol. The van der Waals surface area contributed by atoms with Gasteiger partial charge in [0.25, 0.3) is 0 Å². The predicted octanol–water partition coefficient (Wildman–Crippen LogP) is 21.9. The van der Waals surface area contributed by atoms with Crippen LogP contribution in [0.5, 0.6) is 23.0 Å². The third kappa shape index (κ3) is 8.29. The third-order valence-electron chi connectivity index (χ3n) is 18.5. The molecule has 0 saturated heterocycles. The maximum absolute atomic E-state index is 17.5. The maximum atomic E-state index is 17.5. The summed E-state index contributed by atoms with van der Waals surface area (Å²) in [6.45, 7) is 12.1. The van der Waals surface area contributed by atoms with E-state index in [-0.39, 0.29) is 11.1 Å². The van der Waals surface area contributed by atoms with Crippen molar-refractivity contribution < 1.29 is 35.8 Å². The number of ether oxygens (including phenoxy) is 2. The summed E-state index contributed by atoms with van der Waals surface area (Å²) in [7, 11) is 0. The molecule has 0 aromatic heterocycles. The lowest BCUT2D eigenvalue weighted by molar-refractivity contribution is 0.435. The molecule has 15 rings (SSSR count). The fraction of sp³-hybridized carbons (Fsp3) is 0.0617. The minimum Gasteiger partial charge on any atom is -0.457 e. The molecule has 0 N–H and O–H groups in total. The molecular formula is C81H53F6NO2. The smallest absolute Gasteiger partial charge is 0.194 e. The fourth-order valence-corrected chi connectivity index (χ4v) is 14.6. The molecule has 436 valence electrons. The Morgan fingerprint density at radius 3 is 1.12 bits per heavy atom. The van der Waals surface area contributed by atoms with Crippen molar-refractivity contribution in [1.29, 1.82) is 0 Å². The van der Waals surface area contributed by atoms with Gasteiger partial charge in [0.1, 0.15) is 23.0 Å². The molecule has 0 amide bonds. The van der Waals surface area contributed by atoms with Crippen LogP contribution < -0.4 is 14.4 Å². The van der Waals surface area contributed by atoms with E-state index in [0.29, 0.717) is 67.8 Å². The van der Waals surface area contributed by atoms with Gasteiger partial charge >= 0.3 is 0 Å². The predicted molar refractivity (Wildman–Crippen MR) is 346 cm³/mol. The largest absolute Gasteiger partial charge is 0.457 e. The second-order valence-electron chi connectivity index (χ2n) is 23.5. The molecule has 0 saturated carbocycles. The first-order valence-corrected chi connectivity index (χ1v) is 29.6. The SMILES string of the molecule is C=Cc1ccc(Oc2ccc(C3(c4ccc(F)c(F)c4F)c4ccccc4-c4ccc(N(c5ccc6c(c5)C(c5ccc(Oc7ccc(C=C)cc7)cc5)(c5ccc(F)c(F)c5F)c5ccccc5-6)c5cccc6c5C(C)(C)c5ccccc5-6)cc43)cc2)cc1. The first-order valence-electron chi connectivity index (χ1n) is 29.6. The van der Waals surface area contributed by atoms with Gasteiger partial charge < -0.3 is 14.4 Å². The van der Waals surface area contributed by atoms with Crippen LogP contribution >= 0.6 is 0 Å². The lowest BCUT2D eigenvalue weighted by atomic mass is 9.67. The van der Waals surface area contributed by atoms with Gasteiger partial charge in [0.05, 0.1) is 16.5 Å². The molecule has 12 aromatic carbocycles. The quantitative estimate of drug-likeness (QED) is 0.0848. The summed E-state index contributed by atoms with van der Waals surface area (Å²) < 4.78 is 111. The molecule has 2 unspecified atom stereocenters. The molecule has 9 heteroatoms. The number of halogens is 6. The molecule has 3 aliphatic carbocycles. The summed E-state index contributed by atoms with van der Waals surface area (Å²) in [5, 5.41) is 0. The van der Waals surface area contributed by atoms with E-state index >= 15 is 26.3 Å². The number of fused-ring (bicyclic) bond motifs is 9. The number of nitrogens with zero attached hydrogens (tertiary/aromatic N) is 1. The van der Waals surface area contributed by atoms with Gasteiger partial charge in [0.2, 0.25) is 0 Å². The molecule has 0 heterocycles. The Kier molecular flexibility index (Phi) is 13.1. The van der Waals surface area contributed by atoms with Gasteiger partial charge in [0, 0.05) is 27.9 Å². The van der Waals surface area contributed by atoms with E-state index in [0.717, 1.165) is 73.5 Å². The normalized spacial score (nSPS) is 16.0. The van der Waals surface area contributed by atoms with Crippen molar-refractivity contribution in [3.8, 4) is 56.4 Å². The molecule has 90 heavy (non-hydrogen) atoms. The average molecular weight is 1190 g/mol. The molecule has 3 nitrogen and oxygen atoms in total. The molecule has 3 aliphatic rings. The Bertz CT molecular complexity index is 4660. The van der Waals surface area contributed by atoms with Crippen LogP contribution in [-0.4, -0.2) is 0 Å². The van der Waals surface area contributed by atoms with Crippen molar-refractivity contribution in [2.24, 2.45) is 0 Å². The summed E-state index contributed by atoms with van der Waals surface area (Å²) in [6.07, 6.45) is 3.48. The van der Waals surface area contributed by atoms with E-state index in [4.69, 9.17) is 9.47 Å². The summed E-state index contributed by atoms with van der Waals surface area (Å²) in [5.41, 5.74) is 10.4. The second kappa shape index (κ2) is 21.2. The minimum absolute atomic E-state index is 0.113. The Morgan fingerprint density at radius 2 is 0.700 bits per heavy atom. The van der Waals surface area contributed by atoms with Crippen LogP contribution in [0.2, 0.25) is 0 Å². The zero-order valence-electron chi connectivity index (χ0n) is 48.8. The zero-order chi connectivity index (χ0) is 61.8. The summed E-state index contributed by atoms with van der Waals surface area (Å²) in [4.78, 5) is 2.14. The Morgan fingerprint density at radius 1 is 0.333 bits per heavy atom. The highest BCUT2D eigenvalue weighted by Gasteiger charge is 2.51. The highest BCUT2D eigenvalue weighted by atomic mass is 19.2. The number of hydrogen-bond acceptors (Lipinski definition) is 3. The van der Waals surface area contributed by atoms with Gasteiger partial charge in [-0.3, -0.25) is 0 Å². The minimum atomic E-state index is -1.62. The van der Waals surface area contributed by atoms with Crippen molar-refractivity contribution >= 4 is 29.2 Å². The highest BCUT2D eigenvalue weighted by Crippen LogP contribution is 2.62. The van der Waals surface area contributed by atoms with Crippen LogP contribution in [0.4, 0.5) is 43.4 Å². The standard InChI is InChI=1S/C81H53F6NO2/c1-5-48-22-32-54(33-23-48)89-56-36-26-50(27-37-56)80(67-42-44-71(82)77(86)75(67)84)65-19-11-8-14-58(65)61-40-30-52(46-69(61)80)88(73-21-13-17-63-60-16-7-10-18-64(60)79(3,4)74(63)73)53-31-41-62-59-15-9-12-20-66(59)81(70(62)47-53,68-43-45-72(83)78(87)76(68)85)51-28-38-57(39-29-51)90-55-34-24-49(6-2)25-35-55/h5-47H,1-2H2,3-4H3. The average Bonchev–Trinajstić information content (AvgIpc) is 1.56. The number of benzene rings is 12. The maximum Gasteiger partial charge on any atom is 0.194 e. The Balaban J connectivity index is 0.990. The van der Waals surface area contributed by atoms with Crippen molar-refractivity contribution in [2.45, 2.75) is 30.1 Å². The van der Waals surface area contributed by atoms with Crippen molar-refractivity contribution in [2.75, 3.05) is 4.90 Å². The van der Waals surface area contributed by atoms with Crippen LogP contribution in [-0.2, 0) is 16.2 Å². The first kappa shape index (κ1) is 55.7. The van der Waals surface area contributed by atoms with Gasteiger partial charge in [-0.25, -0.2) is 26.3 Å². The summed E-state index contributed by atoms with van der Waals surface area (Å²) >= 11 is 0. The third-order valence-corrected chi connectivity index (χ3v) is 18.5. The highest BCUT2D eigenvalue weighted by molar-refractivity contribution is 5.95. The van der Waals surface area contributed by atoms with Crippen molar-refractivity contribution in [1.82, 2.24) is 0 Å². The van der Waals surface area contributed by atoms with Gasteiger partial charge in [-0.1, -0.05) is 197 Å². The van der Waals surface area contributed by atoms with E-state index in [2.05, 4.69) is 56.2 Å². The van der Waals surface area contributed by atoms with E-state index < -0.39 is 51.1 Å². The second-order valence-corrected chi connectivity index (χ2v) is 23.5. The molecule has 0 radical (unpaired) electrons. The molecule has 12 aromatic rings. The molecule has 0 spiro atoms. The van der Waals surface area contributed by atoms with Gasteiger partial charge in [-0.15, -0.1) is 0 Å². The van der Waals surface area contributed by atoms with Crippen molar-refractivity contribution in [3.63, 3.8) is 0 Å². The van der Waals surface area contributed by atoms with Crippen LogP contribution in [0.25, 0.3) is 45.5 Å². The van der Waals surface area contributed by atoms with Gasteiger partial charge in [-0.2, -0.15) is 0 Å². The molecule has 0 aliphatic heterocycles. The topological polar surface area (TPSA) is 21.7 Å². The van der Waals surface area contributed by atoms with E-state index in [9.17, 15) is 0 Å². The lowest BCUT2D eigenvalue weighted by Crippen LogP contribution is -2.31. The Labute approximate surface area is 517 Å². The zero-order valence-corrected chi connectivity index (χ0v) is 48.8. The Hall–Kier alpha value is -10.9. The summed E-state index contributed by atoms with van der Waals surface area (Å²) in [5.74, 6) is -6.45. The van der Waals surface area contributed by atoms with E-state index in [1.165, 1.54) is 12.1 Å². The number of anilines is 3. The molecule has 0 fully saturated rings. The fourth-order valence-electron chi connectivity index (χ4n) is 14.6. The van der Waals surface area contributed by atoms with E-state index in [1.807, 2.05) is 176 Å².